The van der Waals surface area contributed by atoms with Crippen molar-refractivity contribution in [2.24, 2.45) is 0 Å². The van der Waals surface area contributed by atoms with Gasteiger partial charge in [0.15, 0.2) is 0 Å². The molecule has 0 N–H and O–H groups in total. The monoisotopic (exact) mass is 536 g/mol. The van der Waals surface area contributed by atoms with E-state index in [2.05, 4.69) is 17.9 Å². The number of esters is 2. The summed E-state index contributed by atoms with van der Waals surface area (Å²) >= 11 is 0. The first-order valence-corrected chi connectivity index (χ1v) is 11.3. The number of alkyl halides is 3. The average molecular weight is 537 g/mol. The summed E-state index contributed by atoms with van der Waals surface area (Å²) in [4.78, 5) is 22.3. The van der Waals surface area contributed by atoms with E-state index in [0.29, 0.717) is 28.2 Å². The van der Waals surface area contributed by atoms with Crippen molar-refractivity contribution in [3.8, 4) is 33.8 Å². The zero-order chi connectivity index (χ0) is 28.4. The normalized spacial score (nSPS) is 11.3. The van der Waals surface area contributed by atoms with Crippen molar-refractivity contribution in [3.05, 3.63) is 122 Å². The van der Waals surface area contributed by atoms with Crippen molar-refractivity contribution in [2.75, 3.05) is 0 Å². The number of carbonyl (C=O) groups excluding carboxylic acids is 2. The van der Waals surface area contributed by atoms with Crippen LogP contribution in [0, 0.1) is 0 Å². The number of ether oxygens (including phenoxy) is 4. The van der Waals surface area contributed by atoms with Crippen molar-refractivity contribution in [1.29, 1.82) is 0 Å². The molecule has 0 aromatic heterocycles. The SMILES string of the molecule is C=CC(=O)O/C=C\Oc1ccc(-c2ccc(-c3ccc(O/C=C\OC(=O)C(=C)C)cc3)cc2C(F)(F)F)cc1. The van der Waals surface area contributed by atoms with Crippen LogP contribution >= 0.6 is 0 Å². The third-order valence-electron chi connectivity index (χ3n) is 5.07. The maximum absolute atomic E-state index is 14.0. The molecule has 6 nitrogen and oxygen atoms in total. The lowest BCUT2D eigenvalue weighted by molar-refractivity contribution is -0.137. The van der Waals surface area contributed by atoms with Gasteiger partial charge in [0.05, 0.1) is 5.56 Å². The quantitative estimate of drug-likeness (QED) is 0.151. The second kappa shape index (κ2) is 13.0. The van der Waals surface area contributed by atoms with Crippen molar-refractivity contribution in [1.82, 2.24) is 0 Å². The lowest BCUT2D eigenvalue weighted by atomic mass is 9.94. The number of hydrogen-bond acceptors (Lipinski definition) is 6. The lowest BCUT2D eigenvalue weighted by Gasteiger charge is -2.15. The molecule has 0 aliphatic rings. The smallest absolute Gasteiger partial charge is 0.417 e. The van der Waals surface area contributed by atoms with Crippen molar-refractivity contribution < 1.29 is 41.7 Å². The molecule has 0 heterocycles. The Bertz CT molecular complexity index is 1400. The molecule has 0 amide bonds. The van der Waals surface area contributed by atoms with Gasteiger partial charge in [0.2, 0.25) is 0 Å². The minimum absolute atomic E-state index is 0.00246. The highest BCUT2D eigenvalue weighted by Gasteiger charge is 2.34. The van der Waals surface area contributed by atoms with Crippen LogP contribution in [0.5, 0.6) is 11.5 Å². The van der Waals surface area contributed by atoms with Crippen LogP contribution in [0.15, 0.2) is 117 Å². The molecule has 3 aromatic rings. The number of benzene rings is 3. The highest BCUT2D eigenvalue weighted by atomic mass is 19.4. The molecule has 200 valence electrons. The van der Waals surface area contributed by atoms with Gasteiger partial charge in [0, 0.05) is 11.6 Å². The van der Waals surface area contributed by atoms with E-state index >= 15 is 0 Å². The first-order chi connectivity index (χ1) is 18.6. The summed E-state index contributed by atoms with van der Waals surface area (Å²) in [5, 5.41) is 0. The van der Waals surface area contributed by atoms with Gasteiger partial charge in [-0.05, 0) is 59.5 Å². The molecular formula is C30H23F3O6. The second-order valence-corrected chi connectivity index (χ2v) is 7.91. The Morgan fingerprint density at radius 2 is 1.26 bits per heavy atom. The Morgan fingerprint density at radius 1 is 0.744 bits per heavy atom. The van der Waals surface area contributed by atoms with E-state index in [1.165, 1.54) is 37.3 Å². The maximum Gasteiger partial charge on any atom is 0.417 e. The predicted molar refractivity (Wildman–Crippen MR) is 139 cm³/mol. The maximum atomic E-state index is 14.0. The molecular weight excluding hydrogens is 513 g/mol. The van der Waals surface area contributed by atoms with Gasteiger partial charge in [0.1, 0.15) is 36.5 Å². The zero-order valence-electron chi connectivity index (χ0n) is 20.7. The van der Waals surface area contributed by atoms with E-state index in [0.717, 1.165) is 37.2 Å². The van der Waals surface area contributed by atoms with E-state index in [1.807, 2.05) is 0 Å². The largest absolute Gasteiger partial charge is 0.462 e. The molecule has 39 heavy (non-hydrogen) atoms. The molecule has 3 rings (SSSR count). The highest BCUT2D eigenvalue weighted by Crippen LogP contribution is 2.40. The summed E-state index contributed by atoms with van der Waals surface area (Å²) in [5.74, 6) is -0.529. The minimum Gasteiger partial charge on any atom is -0.462 e. The van der Waals surface area contributed by atoms with Crippen LogP contribution in [-0.2, 0) is 25.2 Å². The van der Waals surface area contributed by atoms with Gasteiger partial charge in [-0.25, -0.2) is 9.59 Å². The van der Waals surface area contributed by atoms with E-state index in [9.17, 15) is 22.8 Å². The number of halogens is 3. The summed E-state index contributed by atoms with van der Waals surface area (Å²) in [5.41, 5.74) is 0.686. The van der Waals surface area contributed by atoms with Gasteiger partial charge in [-0.1, -0.05) is 49.6 Å². The molecule has 9 heteroatoms. The Labute approximate surface area is 222 Å². The van der Waals surface area contributed by atoms with Gasteiger partial charge in [0.25, 0.3) is 0 Å². The zero-order valence-corrected chi connectivity index (χ0v) is 20.7. The topological polar surface area (TPSA) is 71.1 Å². The third-order valence-corrected chi connectivity index (χ3v) is 5.07. The van der Waals surface area contributed by atoms with Crippen LogP contribution in [0.4, 0.5) is 13.2 Å². The molecule has 0 atom stereocenters. The number of carbonyl (C=O) groups is 2. The summed E-state index contributed by atoms with van der Waals surface area (Å²) in [6, 6.07) is 16.5. The van der Waals surface area contributed by atoms with E-state index in [4.69, 9.17) is 14.2 Å². The molecule has 0 radical (unpaired) electrons. The summed E-state index contributed by atoms with van der Waals surface area (Å²) in [7, 11) is 0. The van der Waals surface area contributed by atoms with Crippen LogP contribution in [0.2, 0.25) is 0 Å². The molecule has 0 spiro atoms. The van der Waals surface area contributed by atoms with Crippen molar-refractivity contribution >= 4 is 11.9 Å². The van der Waals surface area contributed by atoms with Crippen LogP contribution in [0.3, 0.4) is 0 Å². The fourth-order valence-electron chi connectivity index (χ4n) is 3.19. The van der Waals surface area contributed by atoms with Gasteiger partial charge >= 0.3 is 18.1 Å². The second-order valence-electron chi connectivity index (χ2n) is 7.91. The highest BCUT2D eigenvalue weighted by molar-refractivity contribution is 5.87. The fourth-order valence-corrected chi connectivity index (χ4v) is 3.19. The summed E-state index contributed by atoms with van der Waals surface area (Å²) in [6.07, 6.45) is 0.755. The molecule has 0 aliphatic carbocycles. The fraction of sp³-hybridized carbons (Fsp3) is 0.0667. The number of hydrogen-bond donors (Lipinski definition) is 0. The van der Waals surface area contributed by atoms with Gasteiger partial charge < -0.3 is 18.9 Å². The number of rotatable bonds is 10. The minimum atomic E-state index is -4.60. The predicted octanol–water partition coefficient (Wildman–Crippen LogP) is 7.59. The molecule has 0 bridgehead atoms. The summed E-state index contributed by atoms with van der Waals surface area (Å²) < 4.78 is 62.0. The van der Waals surface area contributed by atoms with Crippen LogP contribution in [0.25, 0.3) is 22.3 Å². The summed E-state index contributed by atoms with van der Waals surface area (Å²) in [6.45, 7) is 8.22. The van der Waals surface area contributed by atoms with Crippen molar-refractivity contribution in [2.45, 2.75) is 13.1 Å². The van der Waals surface area contributed by atoms with E-state index in [-0.39, 0.29) is 11.1 Å². The Balaban J connectivity index is 1.75. The molecule has 0 saturated heterocycles. The first kappa shape index (κ1) is 28.5. The van der Waals surface area contributed by atoms with Crippen LogP contribution in [0.1, 0.15) is 12.5 Å². The van der Waals surface area contributed by atoms with E-state index < -0.39 is 23.7 Å². The van der Waals surface area contributed by atoms with Gasteiger partial charge in [-0.2, -0.15) is 13.2 Å². The van der Waals surface area contributed by atoms with Crippen molar-refractivity contribution in [3.63, 3.8) is 0 Å². The van der Waals surface area contributed by atoms with Gasteiger partial charge in [-0.3, -0.25) is 0 Å². The third kappa shape index (κ3) is 8.22. The lowest BCUT2D eigenvalue weighted by Crippen LogP contribution is -2.07. The van der Waals surface area contributed by atoms with Gasteiger partial charge in [-0.15, -0.1) is 0 Å². The standard InChI is InChI=1S/C30H23F3O6/c1-4-28(34)38-17-15-36-25-12-7-22(8-13-25)26-14-9-23(19-27(26)30(31,32)33)21-5-10-24(11-6-21)37-16-18-39-29(35)20(2)3/h4-19H,1-2H2,3H3/b17-15-,18-16-. The Morgan fingerprint density at radius 3 is 1.77 bits per heavy atom. The molecule has 0 aliphatic heterocycles. The molecule has 0 unspecified atom stereocenters. The Kier molecular flexibility index (Phi) is 9.48. The van der Waals surface area contributed by atoms with Crippen LogP contribution < -0.4 is 9.47 Å². The molecule has 3 aromatic carbocycles. The van der Waals surface area contributed by atoms with Crippen LogP contribution in [-0.4, -0.2) is 11.9 Å². The average Bonchev–Trinajstić information content (AvgIpc) is 2.93. The Hall–Kier alpha value is -5.05. The molecule has 0 fully saturated rings. The van der Waals surface area contributed by atoms with E-state index in [1.54, 1.807) is 30.3 Å². The first-order valence-electron chi connectivity index (χ1n) is 11.3. The molecule has 0 saturated carbocycles.